The lowest BCUT2D eigenvalue weighted by Gasteiger charge is -2.36. The summed E-state index contributed by atoms with van der Waals surface area (Å²) in [5.41, 5.74) is -0.157. The van der Waals surface area contributed by atoms with E-state index in [1.54, 1.807) is 12.1 Å². The number of carbonyl (C=O) groups is 1. The molecule has 1 atom stereocenters. The van der Waals surface area contributed by atoms with E-state index in [1.165, 1.54) is 23.5 Å². The van der Waals surface area contributed by atoms with Gasteiger partial charge in [-0.25, -0.2) is 0 Å². The predicted molar refractivity (Wildman–Crippen MR) is 94.5 cm³/mol. The van der Waals surface area contributed by atoms with Crippen molar-refractivity contribution in [3.05, 3.63) is 56.7 Å². The smallest absolute Gasteiger partial charge is 0.416 e. The number of nitrogens with zero attached hydrogens (tertiary/aromatic N) is 1. The summed E-state index contributed by atoms with van der Waals surface area (Å²) < 4.78 is 39.9. The van der Waals surface area contributed by atoms with Crippen LogP contribution in [0.25, 0.3) is 0 Å². The molecule has 1 aromatic carbocycles. The third-order valence-electron chi connectivity index (χ3n) is 4.64. The monoisotopic (exact) mass is 403 g/mol. The molecule has 1 N–H and O–H groups in total. The highest BCUT2D eigenvalue weighted by Gasteiger charge is 2.34. The molecule has 8 heteroatoms. The zero-order valence-corrected chi connectivity index (χ0v) is 15.2. The van der Waals surface area contributed by atoms with Gasteiger partial charge in [0.25, 0.3) is 0 Å². The number of halogens is 4. The molecular weight excluding hydrogens is 387 g/mol. The average Bonchev–Trinajstić information content (AvgIpc) is 3.01. The number of hydrogen-bond donors (Lipinski definition) is 1. The highest BCUT2D eigenvalue weighted by Crippen LogP contribution is 2.39. The number of aliphatic carboxylic acids is 1. The second-order valence-corrected chi connectivity index (χ2v) is 8.06. The SMILES string of the molecule is O=C(O)C1CCN(C(c2cccc(C(F)(F)F)c2)c2ccc(Cl)s2)CC1. The second-order valence-electron chi connectivity index (χ2n) is 6.32. The molecule has 2 aromatic rings. The Morgan fingerprint density at radius 1 is 1.23 bits per heavy atom. The molecule has 26 heavy (non-hydrogen) atoms. The van der Waals surface area contributed by atoms with E-state index in [0.29, 0.717) is 35.8 Å². The van der Waals surface area contributed by atoms with Crippen LogP contribution in [0.3, 0.4) is 0 Å². The molecule has 3 rings (SSSR count). The fourth-order valence-electron chi connectivity index (χ4n) is 3.32. The van der Waals surface area contributed by atoms with Crippen LogP contribution in [0, 0.1) is 5.92 Å². The maximum absolute atomic E-state index is 13.1. The van der Waals surface area contributed by atoms with E-state index in [1.807, 2.05) is 11.0 Å². The zero-order valence-electron chi connectivity index (χ0n) is 13.7. The van der Waals surface area contributed by atoms with Gasteiger partial charge >= 0.3 is 12.1 Å². The van der Waals surface area contributed by atoms with Crippen molar-refractivity contribution in [1.82, 2.24) is 4.90 Å². The first-order chi connectivity index (χ1) is 12.3. The van der Waals surface area contributed by atoms with Gasteiger partial charge in [0.15, 0.2) is 0 Å². The van der Waals surface area contributed by atoms with E-state index < -0.39 is 23.6 Å². The number of carboxylic acids is 1. The summed E-state index contributed by atoms with van der Waals surface area (Å²) in [7, 11) is 0. The van der Waals surface area contributed by atoms with Crippen LogP contribution in [0.4, 0.5) is 13.2 Å². The van der Waals surface area contributed by atoms with E-state index in [4.69, 9.17) is 16.7 Å². The number of carboxylic acid groups (broad SMARTS) is 1. The summed E-state index contributed by atoms with van der Waals surface area (Å²) in [5.74, 6) is -1.22. The van der Waals surface area contributed by atoms with E-state index >= 15 is 0 Å². The van der Waals surface area contributed by atoms with Crippen molar-refractivity contribution in [2.45, 2.75) is 25.1 Å². The number of thiophene rings is 1. The minimum Gasteiger partial charge on any atom is -0.481 e. The van der Waals surface area contributed by atoms with Crippen LogP contribution in [-0.2, 0) is 11.0 Å². The van der Waals surface area contributed by atoms with E-state index in [0.717, 1.165) is 10.9 Å². The number of hydrogen-bond acceptors (Lipinski definition) is 3. The third kappa shape index (κ3) is 4.22. The highest BCUT2D eigenvalue weighted by molar-refractivity contribution is 7.16. The van der Waals surface area contributed by atoms with Crippen LogP contribution < -0.4 is 0 Å². The first-order valence-corrected chi connectivity index (χ1v) is 9.34. The average molecular weight is 404 g/mol. The number of alkyl halides is 3. The molecule has 0 saturated carbocycles. The topological polar surface area (TPSA) is 40.5 Å². The number of piperidine rings is 1. The summed E-state index contributed by atoms with van der Waals surface area (Å²) in [6.45, 7) is 1.01. The third-order valence-corrected chi connectivity index (χ3v) is 5.92. The van der Waals surface area contributed by atoms with Crippen molar-refractivity contribution in [3.8, 4) is 0 Å². The van der Waals surface area contributed by atoms with Crippen LogP contribution in [0.2, 0.25) is 4.34 Å². The number of benzene rings is 1. The second kappa shape index (κ2) is 7.58. The van der Waals surface area contributed by atoms with Crippen molar-refractivity contribution >= 4 is 28.9 Å². The van der Waals surface area contributed by atoms with Gasteiger partial charge in [0.1, 0.15) is 0 Å². The summed E-state index contributed by atoms with van der Waals surface area (Å²) in [5, 5.41) is 9.17. The van der Waals surface area contributed by atoms with E-state index in [2.05, 4.69) is 0 Å². The molecule has 1 unspecified atom stereocenters. The molecule has 0 spiro atoms. The van der Waals surface area contributed by atoms with Crippen LogP contribution >= 0.6 is 22.9 Å². The lowest BCUT2D eigenvalue weighted by molar-refractivity contribution is -0.143. The van der Waals surface area contributed by atoms with Crippen molar-refractivity contribution in [3.63, 3.8) is 0 Å². The van der Waals surface area contributed by atoms with Crippen LogP contribution in [0.15, 0.2) is 36.4 Å². The molecule has 140 valence electrons. The molecule has 1 aromatic heterocycles. The Labute approximate surface area is 158 Å². The van der Waals surface area contributed by atoms with Gasteiger partial charge in [-0.05, 0) is 55.8 Å². The largest absolute Gasteiger partial charge is 0.481 e. The maximum Gasteiger partial charge on any atom is 0.416 e. The molecule has 0 aliphatic carbocycles. The molecule has 1 aliphatic heterocycles. The Kier molecular flexibility index (Phi) is 5.60. The first kappa shape index (κ1) is 19.2. The summed E-state index contributed by atoms with van der Waals surface area (Å²) in [6.07, 6.45) is -3.46. The maximum atomic E-state index is 13.1. The summed E-state index contributed by atoms with van der Waals surface area (Å²) in [4.78, 5) is 14.1. The van der Waals surface area contributed by atoms with Gasteiger partial charge in [0.2, 0.25) is 0 Å². The highest BCUT2D eigenvalue weighted by atomic mass is 35.5. The Bertz CT molecular complexity index is 785. The van der Waals surface area contributed by atoms with Crippen molar-refractivity contribution in [2.75, 3.05) is 13.1 Å². The van der Waals surface area contributed by atoms with Crippen LogP contribution in [0.5, 0.6) is 0 Å². The van der Waals surface area contributed by atoms with Gasteiger partial charge in [-0.2, -0.15) is 13.2 Å². The predicted octanol–water partition coefficient (Wildman–Crippen LogP) is 5.31. The minimum absolute atomic E-state index is 0.371. The normalized spacial score (nSPS) is 18.0. The van der Waals surface area contributed by atoms with Crippen LogP contribution in [0.1, 0.15) is 34.9 Å². The van der Waals surface area contributed by atoms with Crippen molar-refractivity contribution in [2.24, 2.45) is 5.92 Å². The molecule has 0 radical (unpaired) electrons. The van der Waals surface area contributed by atoms with Gasteiger partial charge in [0, 0.05) is 4.88 Å². The van der Waals surface area contributed by atoms with Gasteiger partial charge in [0.05, 0.1) is 21.9 Å². The molecule has 0 amide bonds. The number of likely N-dealkylation sites (tertiary alicyclic amines) is 1. The van der Waals surface area contributed by atoms with Gasteiger partial charge in [-0.1, -0.05) is 23.7 Å². The molecule has 0 bridgehead atoms. The van der Waals surface area contributed by atoms with Gasteiger partial charge < -0.3 is 5.11 Å². The lowest BCUT2D eigenvalue weighted by atomic mass is 9.93. The molecule has 1 saturated heterocycles. The van der Waals surface area contributed by atoms with E-state index in [-0.39, 0.29) is 6.04 Å². The van der Waals surface area contributed by atoms with Crippen molar-refractivity contribution in [1.29, 1.82) is 0 Å². The standard InChI is InChI=1S/C18H17ClF3NO2S/c19-15-5-4-14(26-15)16(23-8-6-11(7-9-23)17(24)25)12-2-1-3-13(10-12)18(20,21)22/h1-5,10-11,16H,6-9H2,(H,24,25). The number of rotatable bonds is 4. The molecule has 1 aliphatic rings. The van der Waals surface area contributed by atoms with E-state index in [9.17, 15) is 18.0 Å². The van der Waals surface area contributed by atoms with Gasteiger partial charge in [-0.3, -0.25) is 9.69 Å². The zero-order chi connectivity index (χ0) is 18.9. The molecule has 3 nitrogen and oxygen atoms in total. The fraction of sp³-hybridized carbons (Fsp3) is 0.389. The lowest BCUT2D eigenvalue weighted by Crippen LogP contribution is -2.39. The Morgan fingerprint density at radius 3 is 2.46 bits per heavy atom. The fourth-order valence-corrected chi connectivity index (χ4v) is 4.54. The molecule has 1 fully saturated rings. The molecule has 2 heterocycles. The van der Waals surface area contributed by atoms with Gasteiger partial charge in [-0.15, -0.1) is 11.3 Å². The minimum atomic E-state index is -4.41. The molecular formula is C18H17ClF3NO2S. The quantitative estimate of drug-likeness (QED) is 0.752. The Hall–Kier alpha value is -1.57. The first-order valence-electron chi connectivity index (χ1n) is 8.15. The Morgan fingerprint density at radius 2 is 1.92 bits per heavy atom. The Balaban J connectivity index is 1.94. The summed E-state index contributed by atoms with van der Waals surface area (Å²) in [6, 6.07) is 8.49. The van der Waals surface area contributed by atoms with Crippen LogP contribution in [-0.4, -0.2) is 29.1 Å². The van der Waals surface area contributed by atoms with Crippen molar-refractivity contribution < 1.29 is 23.1 Å². The summed E-state index contributed by atoms with van der Waals surface area (Å²) >= 11 is 7.37.